The minimum atomic E-state index is 0.0982. The predicted octanol–water partition coefficient (Wildman–Crippen LogP) is 4.47. The van der Waals surface area contributed by atoms with E-state index >= 15 is 0 Å². The smallest absolute Gasteiger partial charge is 0.218 e. The molecule has 0 fully saturated rings. The first-order valence-electron chi connectivity index (χ1n) is 6.81. The summed E-state index contributed by atoms with van der Waals surface area (Å²) in [5.41, 5.74) is 1.99. The van der Waals surface area contributed by atoms with Gasteiger partial charge < -0.3 is 10.1 Å². The zero-order chi connectivity index (χ0) is 15.2. The van der Waals surface area contributed by atoms with Crippen LogP contribution < -0.4 is 10.1 Å². The molecule has 0 bridgehead atoms. The average molecular weight is 325 g/mol. The van der Waals surface area contributed by atoms with Gasteiger partial charge in [0.25, 0.3) is 0 Å². The average Bonchev–Trinajstić information content (AvgIpc) is 2.44. The fraction of sp³-hybridized carbons (Fsp3) is 0.312. The van der Waals surface area contributed by atoms with Gasteiger partial charge in [0.15, 0.2) is 0 Å². The molecule has 1 heterocycles. The van der Waals surface area contributed by atoms with Crippen molar-refractivity contribution in [3.63, 3.8) is 0 Å². The number of hydrogen-bond donors (Lipinski definition) is 1. The van der Waals surface area contributed by atoms with Crippen molar-refractivity contribution in [2.45, 2.75) is 33.0 Å². The van der Waals surface area contributed by atoms with E-state index in [1.165, 1.54) is 0 Å². The third-order valence-corrected chi connectivity index (χ3v) is 3.44. The van der Waals surface area contributed by atoms with Crippen molar-refractivity contribution in [2.75, 3.05) is 0 Å². The molecule has 3 nitrogen and oxygen atoms in total. The molecule has 5 heteroatoms. The first kappa shape index (κ1) is 16.1. The molecule has 0 aliphatic carbocycles. The number of halogens is 2. The molecule has 0 atom stereocenters. The van der Waals surface area contributed by atoms with E-state index in [1.54, 1.807) is 18.3 Å². The van der Waals surface area contributed by atoms with Crippen molar-refractivity contribution < 1.29 is 4.74 Å². The van der Waals surface area contributed by atoms with Gasteiger partial charge in [-0.25, -0.2) is 4.98 Å². The lowest BCUT2D eigenvalue weighted by atomic mass is 10.2. The van der Waals surface area contributed by atoms with E-state index in [0.717, 1.165) is 11.1 Å². The minimum Gasteiger partial charge on any atom is -0.475 e. The molecule has 0 unspecified atom stereocenters. The minimum absolute atomic E-state index is 0.0982. The first-order chi connectivity index (χ1) is 10.1. The van der Waals surface area contributed by atoms with Crippen LogP contribution in [0.5, 0.6) is 5.88 Å². The molecule has 1 aromatic heterocycles. The van der Waals surface area contributed by atoms with Crippen molar-refractivity contribution >= 4 is 23.2 Å². The molecule has 2 aromatic rings. The highest BCUT2D eigenvalue weighted by atomic mass is 35.5. The highest BCUT2D eigenvalue weighted by Gasteiger charge is 2.07. The van der Waals surface area contributed by atoms with Gasteiger partial charge in [0.2, 0.25) is 5.88 Å². The molecule has 21 heavy (non-hydrogen) atoms. The summed E-state index contributed by atoms with van der Waals surface area (Å²) in [5.74, 6) is 0.664. The first-order valence-corrected chi connectivity index (χ1v) is 7.57. The van der Waals surface area contributed by atoms with Crippen molar-refractivity contribution in [1.29, 1.82) is 0 Å². The molecule has 1 N–H and O–H groups in total. The van der Waals surface area contributed by atoms with Crippen LogP contribution in [0.15, 0.2) is 36.5 Å². The van der Waals surface area contributed by atoms with E-state index in [9.17, 15) is 0 Å². The molecular weight excluding hydrogens is 307 g/mol. The van der Waals surface area contributed by atoms with E-state index in [4.69, 9.17) is 27.9 Å². The Morgan fingerprint density at radius 1 is 1.14 bits per heavy atom. The Hall–Kier alpha value is -1.29. The summed E-state index contributed by atoms with van der Waals surface area (Å²) in [6.45, 7) is 5.25. The van der Waals surface area contributed by atoms with Gasteiger partial charge in [-0.3, -0.25) is 0 Å². The Labute approximate surface area is 135 Å². The van der Waals surface area contributed by atoms with Gasteiger partial charge in [-0.1, -0.05) is 29.3 Å². The predicted molar refractivity (Wildman–Crippen MR) is 87.0 cm³/mol. The monoisotopic (exact) mass is 324 g/mol. The van der Waals surface area contributed by atoms with Crippen molar-refractivity contribution in [2.24, 2.45) is 0 Å². The molecule has 0 saturated heterocycles. The summed E-state index contributed by atoms with van der Waals surface area (Å²) in [4.78, 5) is 4.27. The Morgan fingerprint density at radius 3 is 2.67 bits per heavy atom. The van der Waals surface area contributed by atoms with Crippen molar-refractivity contribution in [3.05, 3.63) is 57.7 Å². The lowest BCUT2D eigenvalue weighted by molar-refractivity contribution is 0.229. The molecule has 0 aliphatic heterocycles. The van der Waals surface area contributed by atoms with Crippen LogP contribution in [-0.4, -0.2) is 11.1 Å². The molecule has 0 radical (unpaired) electrons. The summed E-state index contributed by atoms with van der Waals surface area (Å²) in [5, 5.41) is 4.72. The van der Waals surface area contributed by atoms with Gasteiger partial charge in [0, 0.05) is 34.9 Å². The van der Waals surface area contributed by atoms with E-state index in [-0.39, 0.29) is 6.10 Å². The molecule has 112 valence electrons. The summed E-state index contributed by atoms with van der Waals surface area (Å²) in [7, 11) is 0. The lowest BCUT2D eigenvalue weighted by Crippen LogP contribution is -2.16. The fourth-order valence-corrected chi connectivity index (χ4v) is 2.28. The Bertz CT molecular complexity index is 603. The lowest BCUT2D eigenvalue weighted by Gasteiger charge is -2.13. The second-order valence-electron chi connectivity index (χ2n) is 4.97. The maximum absolute atomic E-state index is 6.14. The van der Waals surface area contributed by atoms with Crippen LogP contribution in [0, 0.1) is 0 Å². The highest BCUT2D eigenvalue weighted by molar-refractivity contribution is 6.33. The molecule has 0 saturated carbocycles. The Kier molecular flexibility index (Phi) is 5.85. The van der Waals surface area contributed by atoms with Crippen LogP contribution >= 0.6 is 23.2 Å². The quantitative estimate of drug-likeness (QED) is 0.851. The summed E-state index contributed by atoms with van der Waals surface area (Å²) >= 11 is 12.1. The van der Waals surface area contributed by atoms with Crippen molar-refractivity contribution in [3.8, 4) is 5.88 Å². The van der Waals surface area contributed by atoms with Gasteiger partial charge in [0.1, 0.15) is 0 Å². The van der Waals surface area contributed by atoms with Crippen LogP contribution in [0.4, 0.5) is 0 Å². The van der Waals surface area contributed by atoms with Crippen LogP contribution in [0.2, 0.25) is 10.0 Å². The number of aromatic nitrogens is 1. The maximum Gasteiger partial charge on any atom is 0.218 e. The number of rotatable bonds is 6. The van der Waals surface area contributed by atoms with Gasteiger partial charge in [-0.15, -0.1) is 0 Å². The third-order valence-electron chi connectivity index (χ3n) is 2.84. The van der Waals surface area contributed by atoms with Gasteiger partial charge in [-0.2, -0.15) is 0 Å². The number of benzene rings is 1. The normalized spacial score (nSPS) is 10.9. The molecule has 1 aromatic carbocycles. The second kappa shape index (κ2) is 7.64. The van der Waals surface area contributed by atoms with Gasteiger partial charge in [0.05, 0.1) is 6.10 Å². The van der Waals surface area contributed by atoms with Crippen LogP contribution in [0.25, 0.3) is 0 Å². The Morgan fingerprint density at radius 2 is 1.90 bits per heavy atom. The maximum atomic E-state index is 6.14. The molecule has 0 amide bonds. The zero-order valence-electron chi connectivity index (χ0n) is 12.1. The number of ether oxygens (including phenoxy) is 1. The number of pyridine rings is 1. The second-order valence-corrected chi connectivity index (χ2v) is 5.82. The van der Waals surface area contributed by atoms with E-state index in [2.05, 4.69) is 10.3 Å². The standard InChI is InChI=1S/C16H18Cl2N2O/c1-11(2)21-16-12(4-3-7-20-16)9-19-10-13-8-14(17)5-6-15(13)18/h3-8,11,19H,9-10H2,1-2H3. The summed E-state index contributed by atoms with van der Waals surface area (Å²) in [6, 6.07) is 9.35. The molecular formula is C16H18Cl2N2O. The highest BCUT2D eigenvalue weighted by Crippen LogP contribution is 2.21. The number of hydrogen-bond acceptors (Lipinski definition) is 3. The van der Waals surface area contributed by atoms with Gasteiger partial charge in [-0.05, 0) is 43.7 Å². The SMILES string of the molecule is CC(C)Oc1ncccc1CNCc1cc(Cl)ccc1Cl. The topological polar surface area (TPSA) is 34.1 Å². The van der Waals surface area contributed by atoms with E-state index in [1.807, 2.05) is 32.0 Å². The Balaban J connectivity index is 1.99. The zero-order valence-corrected chi connectivity index (χ0v) is 13.6. The van der Waals surface area contributed by atoms with Crippen molar-refractivity contribution in [1.82, 2.24) is 10.3 Å². The largest absolute Gasteiger partial charge is 0.475 e. The molecule has 0 spiro atoms. The summed E-state index contributed by atoms with van der Waals surface area (Å²) in [6.07, 6.45) is 1.83. The number of nitrogens with one attached hydrogen (secondary N) is 1. The van der Waals surface area contributed by atoms with E-state index in [0.29, 0.717) is 29.0 Å². The van der Waals surface area contributed by atoms with Crippen LogP contribution in [-0.2, 0) is 13.1 Å². The van der Waals surface area contributed by atoms with E-state index < -0.39 is 0 Å². The van der Waals surface area contributed by atoms with Crippen LogP contribution in [0.3, 0.4) is 0 Å². The third kappa shape index (κ3) is 4.88. The molecule has 2 rings (SSSR count). The van der Waals surface area contributed by atoms with Crippen LogP contribution in [0.1, 0.15) is 25.0 Å². The molecule has 0 aliphatic rings. The fourth-order valence-electron chi connectivity index (χ4n) is 1.90. The summed E-state index contributed by atoms with van der Waals surface area (Å²) < 4.78 is 5.69. The van der Waals surface area contributed by atoms with Gasteiger partial charge >= 0.3 is 0 Å². The number of nitrogens with zero attached hydrogens (tertiary/aromatic N) is 1.